The van der Waals surface area contributed by atoms with Crippen molar-refractivity contribution >= 4 is 23.2 Å². The van der Waals surface area contributed by atoms with E-state index in [4.69, 9.17) is 17.3 Å². The van der Waals surface area contributed by atoms with Crippen LogP contribution in [0.1, 0.15) is 39.5 Å². The number of halogens is 1. The molecule has 1 saturated carbocycles. The Balaban J connectivity index is 2.32. The molecule has 1 aliphatic rings. The summed E-state index contributed by atoms with van der Waals surface area (Å²) in [5, 5.41) is 4.11. The zero-order valence-corrected chi connectivity index (χ0v) is 12.9. The minimum absolute atomic E-state index is 0.245. The lowest BCUT2D eigenvalue weighted by Crippen LogP contribution is -2.58. The molecule has 2 rings (SSSR count). The first-order valence-corrected chi connectivity index (χ1v) is 7.67. The zero-order chi connectivity index (χ0) is 14.8. The van der Waals surface area contributed by atoms with E-state index in [1.807, 2.05) is 24.3 Å². The van der Waals surface area contributed by atoms with Crippen molar-refractivity contribution in [2.45, 2.75) is 45.1 Å². The highest BCUT2D eigenvalue weighted by Crippen LogP contribution is 2.40. The van der Waals surface area contributed by atoms with Gasteiger partial charge in [0, 0.05) is 10.7 Å². The minimum Gasteiger partial charge on any atom is -0.371 e. The van der Waals surface area contributed by atoms with Gasteiger partial charge in [-0.05, 0) is 48.9 Å². The smallest absolute Gasteiger partial charge is 0.243 e. The predicted octanol–water partition coefficient (Wildman–Crippen LogP) is 3.82. The topological polar surface area (TPSA) is 55.1 Å². The summed E-state index contributed by atoms with van der Waals surface area (Å²) in [5.41, 5.74) is 6.05. The van der Waals surface area contributed by atoms with E-state index in [9.17, 15) is 4.79 Å². The monoisotopic (exact) mass is 294 g/mol. The summed E-state index contributed by atoms with van der Waals surface area (Å²) in [7, 11) is 0. The third-order valence-corrected chi connectivity index (χ3v) is 4.68. The number of anilines is 1. The molecule has 0 radical (unpaired) electrons. The summed E-state index contributed by atoms with van der Waals surface area (Å²) in [4.78, 5) is 12.2. The van der Waals surface area contributed by atoms with Crippen LogP contribution >= 0.6 is 11.6 Å². The Morgan fingerprint density at radius 3 is 2.55 bits per heavy atom. The van der Waals surface area contributed by atoms with Gasteiger partial charge in [-0.2, -0.15) is 0 Å². The summed E-state index contributed by atoms with van der Waals surface area (Å²) in [5.74, 6) is 0.442. The lowest BCUT2D eigenvalue weighted by molar-refractivity contribution is -0.126. The number of carbonyl (C=O) groups excluding carboxylic acids is 1. The van der Waals surface area contributed by atoms with Gasteiger partial charge in [0.05, 0.1) is 0 Å². The van der Waals surface area contributed by atoms with Crippen molar-refractivity contribution < 1.29 is 4.79 Å². The Hall–Kier alpha value is -1.22. The average Bonchev–Trinajstić information content (AvgIpc) is 2.41. The molecule has 2 unspecified atom stereocenters. The predicted molar refractivity (Wildman–Crippen MR) is 83.8 cm³/mol. The number of amides is 1. The van der Waals surface area contributed by atoms with Crippen molar-refractivity contribution in [3.63, 3.8) is 0 Å². The number of carbonyl (C=O) groups is 1. The van der Waals surface area contributed by atoms with Gasteiger partial charge in [-0.1, -0.05) is 38.3 Å². The molecule has 2 atom stereocenters. The van der Waals surface area contributed by atoms with Crippen LogP contribution in [0.3, 0.4) is 0 Å². The van der Waals surface area contributed by atoms with Gasteiger partial charge in [-0.15, -0.1) is 0 Å². The van der Waals surface area contributed by atoms with Crippen molar-refractivity contribution in [2.24, 2.45) is 17.6 Å². The molecule has 0 spiro atoms. The number of nitrogens with one attached hydrogen (secondary N) is 1. The third-order valence-electron chi connectivity index (χ3n) is 4.43. The minimum atomic E-state index is -0.639. The molecule has 1 aromatic carbocycles. The van der Waals surface area contributed by atoms with Gasteiger partial charge in [0.2, 0.25) is 5.91 Å². The van der Waals surface area contributed by atoms with E-state index in [-0.39, 0.29) is 11.8 Å². The van der Waals surface area contributed by atoms with Crippen LogP contribution in [0.2, 0.25) is 5.02 Å². The first-order chi connectivity index (χ1) is 9.45. The standard InChI is InChI=1S/C16H23ClN2O/c1-11(2)14-5-3-4-10-16(14,15(18)20)19-13-8-6-12(17)7-9-13/h6-9,11,14,19H,3-5,10H2,1-2H3,(H2,18,20). The Labute approximate surface area is 125 Å². The summed E-state index contributed by atoms with van der Waals surface area (Å²) < 4.78 is 0. The van der Waals surface area contributed by atoms with Crippen LogP contribution in [0.25, 0.3) is 0 Å². The van der Waals surface area contributed by atoms with Crippen LogP contribution in [0, 0.1) is 11.8 Å². The van der Waals surface area contributed by atoms with Crippen molar-refractivity contribution in [3.05, 3.63) is 29.3 Å². The molecule has 1 aromatic rings. The van der Waals surface area contributed by atoms with E-state index in [0.717, 1.165) is 24.9 Å². The van der Waals surface area contributed by atoms with Crippen LogP contribution in [0.5, 0.6) is 0 Å². The van der Waals surface area contributed by atoms with Gasteiger partial charge in [-0.3, -0.25) is 4.79 Å². The van der Waals surface area contributed by atoms with E-state index in [1.54, 1.807) is 0 Å². The van der Waals surface area contributed by atoms with Gasteiger partial charge >= 0.3 is 0 Å². The number of rotatable bonds is 4. The molecule has 0 saturated heterocycles. The molecule has 3 nitrogen and oxygen atoms in total. The quantitative estimate of drug-likeness (QED) is 0.887. The summed E-state index contributed by atoms with van der Waals surface area (Å²) in [6.45, 7) is 4.33. The molecule has 1 aliphatic carbocycles. The SMILES string of the molecule is CC(C)C1CCCCC1(Nc1ccc(Cl)cc1)C(N)=O. The van der Waals surface area contributed by atoms with Crippen LogP contribution in [-0.4, -0.2) is 11.4 Å². The molecule has 20 heavy (non-hydrogen) atoms. The van der Waals surface area contributed by atoms with E-state index >= 15 is 0 Å². The fourth-order valence-corrected chi connectivity index (χ4v) is 3.54. The number of nitrogens with two attached hydrogens (primary N) is 1. The second kappa shape index (κ2) is 6.04. The lowest BCUT2D eigenvalue weighted by atomic mass is 9.67. The third kappa shape index (κ3) is 2.93. The van der Waals surface area contributed by atoms with Gasteiger partial charge in [0.25, 0.3) is 0 Å². The first kappa shape index (κ1) is 15.2. The number of hydrogen-bond donors (Lipinski definition) is 2. The fraction of sp³-hybridized carbons (Fsp3) is 0.562. The van der Waals surface area contributed by atoms with Gasteiger partial charge in [0.1, 0.15) is 5.54 Å². The highest BCUT2D eigenvalue weighted by molar-refractivity contribution is 6.30. The molecule has 4 heteroatoms. The molecular weight excluding hydrogens is 272 g/mol. The molecule has 0 aromatic heterocycles. The molecule has 0 aliphatic heterocycles. The van der Waals surface area contributed by atoms with Crippen molar-refractivity contribution in [1.82, 2.24) is 0 Å². The second-order valence-corrected chi connectivity index (χ2v) is 6.50. The Morgan fingerprint density at radius 1 is 1.35 bits per heavy atom. The van der Waals surface area contributed by atoms with E-state index in [1.165, 1.54) is 6.42 Å². The number of hydrogen-bond acceptors (Lipinski definition) is 2. The maximum Gasteiger partial charge on any atom is 0.243 e. The Morgan fingerprint density at radius 2 is 2.00 bits per heavy atom. The van der Waals surface area contributed by atoms with Crippen LogP contribution in [0.15, 0.2) is 24.3 Å². The lowest BCUT2D eigenvalue weighted by Gasteiger charge is -2.45. The molecule has 1 fully saturated rings. The highest BCUT2D eigenvalue weighted by atomic mass is 35.5. The van der Waals surface area contributed by atoms with Crippen LogP contribution in [0.4, 0.5) is 5.69 Å². The zero-order valence-electron chi connectivity index (χ0n) is 12.2. The first-order valence-electron chi connectivity index (χ1n) is 7.29. The van der Waals surface area contributed by atoms with Crippen molar-refractivity contribution in [1.29, 1.82) is 0 Å². The Kier molecular flexibility index (Phi) is 4.59. The molecular formula is C16H23ClN2O. The fourth-order valence-electron chi connectivity index (χ4n) is 3.42. The maximum absolute atomic E-state index is 12.2. The largest absolute Gasteiger partial charge is 0.371 e. The molecule has 1 amide bonds. The van der Waals surface area contributed by atoms with E-state index < -0.39 is 5.54 Å². The maximum atomic E-state index is 12.2. The van der Waals surface area contributed by atoms with Crippen LogP contribution < -0.4 is 11.1 Å². The normalized spacial score (nSPS) is 26.5. The molecule has 110 valence electrons. The molecule has 3 N–H and O–H groups in total. The van der Waals surface area contributed by atoms with Gasteiger partial charge < -0.3 is 11.1 Å². The van der Waals surface area contributed by atoms with Crippen molar-refractivity contribution in [2.75, 3.05) is 5.32 Å². The van der Waals surface area contributed by atoms with E-state index in [0.29, 0.717) is 10.9 Å². The average molecular weight is 295 g/mol. The second-order valence-electron chi connectivity index (χ2n) is 6.06. The highest BCUT2D eigenvalue weighted by Gasteiger charge is 2.46. The van der Waals surface area contributed by atoms with Gasteiger partial charge in [-0.25, -0.2) is 0 Å². The molecule has 0 bridgehead atoms. The summed E-state index contributed by atoms with van der Waals surface area (Å²) in [6, 6.07) is 7.45. The number of primary amides is 1. The van der Waals surface area contributed by atoms with Gasteiger partial charge in [0.15, 0.2) is 0 Å². The number of benzene rings is 1. The van der Waals surface area contributed by atoms with Crippen LogP contribution in [-0.2, 0) is 4.79 Å². The molecule has 0 heterocycles. The summed E-state index contributed by atoms with van der Waals surface area (Å²) >= 11 is 5.91. The Bertz CT molecular complexity index is 472. The van der Waals surface area contributed by atoms with E-state index in [2.05, 4.69) is 19.2 Å². The summed E-state index contributed by atoms with van der Waals surface area (Å²) in [6.07, 6.45) is 4.04. The van der Waals surface area contributed by atoms with Crippen molar-refractivity contribution in [3.8, 4) is 0 Å².